The lowest BCUT2D eigenvalue weighted by molar-refractivity contribution is -0.129. The average molecular weight is 493 g/mol. The molecule has 4 atom stereocenters. The van der Waals surface area contributed by atoms with E-state index in [1.54, 1.807) is 6.20 Å². The number of rotatable bonds is 6. The minimum Gasteiger partial charge on any atom is -0.379 e. The Labute approximate surface area is 211 Å². The largest absolute Gasteiger partial charge is 0.379 e. The molecule has 2 aliphatic rings. The molecule has 0 spiro atoms. The van der Waals surface area contributed by atoms with E-state index in [-0.39, 0.29) is 35.7 Å². The third-order valence-corrected chi connectivity index (χ3v) is 7.82. The van der Waals surface area contributed by atoms with Crippen LogP contribution in [0.15, 0.2) is 30.7 Å². The lowest BCUT2D eigenvalue weighted by Crippen LogP contribution is -2.50. The first-order valence-corrected chi connectivity index (χ1v) is 12.9. The predicted molar refractivity (Wildman–Crippen MR) is 138 cm³/mol. The van der Waals surface area contributed by atoms with Gasteiger partial charge < -0.3 is 24.8 Å². The number of amides is 2. The van der Waals surface area contributed by atoms with E-state index in [0.29, 0.717) is 25.3 Å². The summed E-state index contributed by atoms with van der Waals surface area (Å²) in [6, 6.07) is 4.26. The number of imidazole rings is 1. The van der Waals surface area contributed by atoms with Gasteiger partial charge in [-0.3, -0.25) is 14.5 Å². The van der Waals surface area contributed by atoms with Crippen molar-refractivity contribution < 1.29 is 14.3 Å². The van der Waals surface area contributed by atoms with E-state index < -0.39 is 0 Å². The molecule has 0 radical (unpaired) electrons. The molecule has 9 heteroatoms. The maximum Gasteiger partial charge on any atom is 0.251 e. The molecule has 36 heavy (non-hydrogen) atoms. The van der Waals surface area contributed by atoms with Gasteiger partial charge in [-0.2, -0.15) is 0 Å². The summed E-state index contributed by atoms with van der Waals surface area (Å²) in [5.41, 5.74) is 4.56. The number of carbonyl (C=O) groups excluding carboxylic acids is 2. The average Bonchev–Trinajstić information content (AvgIpc) is 3.53. The number of piperidine rings is 1. The second kappa shape index (κ2) is 10.1. The fraction of sp³-hybridized carbons (Fsp3) is 0.519. The van der Waals surface area contributed by atoms with Crippen molar-refractivity contribution in [1.82, 2.24) is 29.9 Å². The van der Waals surface area contributed by atoms with Crippen molar-refractivity contribution in [3.8, 4) is 11.4 Å². The molecule has 5 rings (SSSR count). The number of hydrogen-bond acceptors (Lipinski definition) is 5. The van der Waals surface area contributed by atoms with Gasteiger partial charge in [-0.25, -0.2) is 4.98 Å². The van der Waals surface area contributed by atoms with Gasteiger partial charge in [-0.15, -0.1) is 0 Å². The Morgan fingerprint density at radius 3 is 2.75 bits per heavy atom. The number of morpholine rings is 1. The Bertz CT molecular complexity index is 1240. The predicted octanol–water partition coefficient (Wildman–Crippen LogP) is 2.92. The number of pyridine rings is 1. The monoisotopic (exact) mass is 492 g/mol. The lowest BCUT2D eigenvalue weighted by Gasteiger charge is -2.34. The van der Waals surface area contributed by atoms with Crippen LogP contribution in [0.4, 0.5) is 0 Å². The number of fused-ring (bicyclic) bond motifs is 1. The van der Waals surface area contributed by atoms with Crippen LogP contribution in [0.5, 0.6) is 0 Å². The van der Waals surface area contributed by atoms with Gasteiger partial charge in [0.25, 0.3) is 5.91 Å². The summed E-state index contributed by atoms with van der Waals surface area (Å²) >= 11 is 0. The van der Waals surface area contributed by atoms with Crippen LogP contribution in [-0.4, -0.2) is 70.0 Å². The smallest absolute Gasteiger partial charge is 0.251 e. The van der Waals surface area contributed by atoms with Crippen molar-refractivity contribution in [1.29, 1.82) is 0 Å². The Morgan fingerprint density at radius 2 is 2.06 bits per heavy atom. The molecule has 0 aliphatic carbocycles. The molecule has 2 aliphatic heterocycles. The summed E-state index contributed by atoms with van der Waals surface area (Å²) in [6.45, 7) is 11.7. The Hall–Kier alpha value is -3.17. The second-order valence-corrected chi connectivity index (χ2v) is 10.3. The third kappa shape index (κ3) is 4.65. The van der Waals surface area contributed by atoms with E-state index in [1.807, 2.05) is 26.1 Å². The Balaban J connectivity index is 1.49. The van der Waals surface area contributed by atoms with E-state index in [2.05, 4.69) is 56.0 Å². The van der Waals surface area contributed by atoms with Crippen molar-refractivity contribution in [3.05, 3.63) is 47.5 Å². The third-order valence-electron chi connectivity index (χ3n) is 7.82. The van der Waals surface area contributed by atoms with Crippen molar-refractivity contribution in [2.75, 3.05) is 32.8 Å². The highest BCUT2D eigenvalue weighted by molar-refractivity contribution is 5.97. The first-order valence-electron chi connectivity index (χ1n) is 12.9. The molecule has 9 nitrogen and oxygen atoms in total. The highest BCUT2D eigenvalue weighted by Crippen LogP contribution is 2.31. The van der Waals surface area contributed by atoms with Crippen LogP contribution in [-0.2, 0) is 9.53 Å². The summed E-state index contributed by atoms with van der Waals surface area (Å²) < 4.78 is 7.76. The Morgan fingerprint density at radius 1 is 1.28 bits per heavy atom. The highest BCUT2D eigenvalue weighted by Gasteiger charge is 2.33. The topological polar surface area (TPSA) is 104 Å². The first-order chi connectivity index (χ1) is 17.3. The lowest BCUT2D eigenvalue weighted by atomic mass is 9.84. The van der Waals surface area contributed by atoms with Gasteiger partial charge in [0.1, 0.15) is 5.82 Å². The van der Waals surface area contributed by atoms with E-state index in [1.165, 1.54) is 0 Å². The molecule has 3 N–H and O–H groups in total. The van der Waals surface area contributed by atoms with Crippen LogP contribution >= 0.6 is 0 Å². The minimum absolute atomic E-state index is 0.0185. The molecule has 0 bridgehead atoms. The number of H-pyrrole nitrogens is 1. The number of aromatic amines is 1. The first kappa shape index (κ1) is 24.5. The summed E-state index contributed by atoms with van der Waals surface area (Å²) in [6.07, 6.45) is 6.55. The molecule has 0 aromatic carbocycles. The van der Waals surface area contributed by atoms with Gasteiger partial charge in [0.2, 0.25) is 5.91 Å². The number of nitrogens with one attached hydrogen (secondary N) is 3. The van der Waals surface area contributed by atoms with E-state index in [4.69, 9.17) is 4.74 Å². The minimum atomic E-state index is -0.222. The molecule has 3 aromatic rings. The van der Waals surface area contributed by atoms with Gasteiger partial charge in [-0.1, -0.05) is 6.92 Å². The number of ether oxygens (including phenoxy) is 1. The van der Waals surface area contributed by atoms with Crippen LogP contribution in [0, 0.1) is 18.8 Å². The second-order valence-electron chi connectivity index (χ2n) is 10.3. The van der Waals surface area contributed by atoms with E-state index >= 15 is 0 Å². The molecule has 0 saturated carbocycles. The molecule has 2 saturated heterocycles. The van der Waals surface area contributed by atoms with E-state index in [9.17, 15) is 9.59 Å². The van der Waals surface area contributed by atoms with E-state index in [0.717, 1.165) is 47.7 Å². The summed E-state index contributed by atoms with van der Waals surface area (Å²) in [4.78, 5) is 36.1. The van der Waals surface area contributed by atoms with Crippen LogP contribution < -0.4 is 10.6 Å². The zero-order chi connectivity index (χ0) is 25.4. The number of aromatic nitrogens is 3. The van der Waals surface area contributed by atoms with Gasteiger partial charge in [-0.05, 0) is 50.8 Å². The molecule has 2 amide bonds. The normalized spacial score (nSPS) is 24.0. The fourth-order valence-corrected chi connectivity index (χ4v) is 5.80. The summed E-state index contributed by atoms with van der Waals surface area (Å²) in [7, 11) is 0. The van der Waals surface area contributed by atoms with Crippen molar-refractivity contribution in [3.63, 3.8) is 0 Å². The molecule has 192 valence electrons. The quantitative estimate of drug-likeness (QED) is 0.491. The van der Waals surface area contributed by atoms with Crippen LogP contribution in [0.2, 0.25) is 0 Å². The number of carbonyl (C=O) groups is 2. The standard InChI is InChI=1S/C27H36N6O3/c1-16-11-17(2)31-27(35)23(16)14-30-26(34)22-13-21-12-20(25-28-5-6-29-25)15-33(21)24(18(22)3)19(4)32-7-9-36-10-8-32/h5-6,12-13,15-17,19,23H,7-11,14H2,1-4H3,(H,28,29)(H,30,34)(H,31,35). The molecule has 4 unspecified atom stereocenters. The van der Waals surface area contributed by atoms with Crippen LogP contribution in [0.3, 0.4) is 0 Å². The zero-order valence-corrected chi connectivity index (χ0v) is 21.5. The maximum absolute atomic E-state index is 13.5. The van der Waals surface area contributed by atoms with Crippen molar-refractivity contribution >= 4 is 17.3 Å². The van der Waals surface area contributed by atoms with Crippen LogP contribution in [0.25, 0.3) is 16.9 Å². The van der Waals surface area contributed by atoms with Gasteiger partial charge in [0, 0.05) is 72.6 Å². The van der Waals surface area contributed by atoms with Crippen molar-refractivity contribution in [2.24, 2.45) is 11.8 Å². The van der Waals surface area contributed by atoms with Gasteiger partial charge in [0.05, 0.1) is 19.1 Å². The molecular formula is C27H36N6O3. The maximum atomic E-state index is 13.5. The van der Waals surface area contributed by atoms with Crippen molar-refractivity contribution in [2.45, 2.75) is 46.2 Å². The number of nitrogens with zero attached hydrogens (tertiary/aromatic N) is 3. The van der Waals surface area contributed by atoms with Gasteiger partial charge in [0.15, 0.2) is 0 Å². The molecule has 5 heterocycles. The fourth-order valence-electron chi connectivity index (χ4n) is 5.80. The molecule has 3 aromatic heterocycles. The summed E-state index contributed by atoms with van der Waals surface area (Å²) in [5.74, 6) is 0.657. The molecule has 2 fully saturated rings. The SMILES string of the molecule is Cc1c(C(=O)NCC2C(=O)NC(C)CC2C)cc2cc(-c3ncc[nH]3)cn2c1C(C)N1CCOCC1. The van der Waals surface area contributed by atoms with Crippen LogP contribution in [0.1, 0.15) is 54.8 Å². The summed E-state index contributed by atoms with van der Waals surface area (Å²) in [5, 5.41) is 6.09. The molecular weight excluding hydrogens is 456 g/mol. The zero-order valence-electron chi connectivity index (χ0n) is 21.5. The highest BCUT2D eigenvalue weighted by atomic mass is 16.5. The number of hydrogen-bond donors (Lipinski definition) is 3. The Kier molecular flexibility index (Phi) is 6.85. The van der Waals surface area contributed by atoms with Gasteiger partial charge >= 0.3 is 0 Å².